The molecule has 0 saturated carbocycles. The maximum atomic E-state index is 11.2. The Balaban J connectivity index is 2.60. The molecule has 1 rings (SSSR count). The first-order chi connectivity index (χ1) is 7.26. The van der Waals surface area contributed by atoms with E-state index in [1.807, 2.05) is 0 Å². The van der Waals surface area contributed by atoms with Crippen LogP contribution in [-0.2, 0) is 4.79 Å². The molecule has 78 valence electrons. The maximum absolute atomic E-state index is 11.2. The molecule has 15 heavy (non-hydrogen) atoms. The Bertz CT molecular complexity index is 366. The number of carbonyl (C=O) groups is 1. The Hall–Kier alpha value is -2.03. The fourth-order valence-corrected chi connectivity index (χ4v) is 1.01. The van der Waals surface area contributed by atoms with Crippen LogP contribution >= 0.6 is 0 Å². The van der Waals surface area contributed by atoms with E-state index in [0.29, 0.717) is 0 Å². The molecule has 0 spiro atoms. The Kier molecular flexibility index (Phi) is 4.16. The second-order valence-electron chi connectivity index (χ2n) is 2.81. The largest absolute Gasteiger partial charge is 0.497 e. The Morgan fingerprint density at radius 2 is 2.07 bits per heavy atom. The number of amides is 1. The molecule has 0 fully saturated rings. The van der Waals surface area contributed by atoms with Gasteiger partial charge in [-0.1, -0.05) is 18.7 Å². The molecular weight excluding hydrogens is 190 g/mol. The molecule has 0 aliphatic rings. The number of anilines is 1. The van der Waals surface area contributed by atoms with E-state index in [0.717, 1.165) is 11.4 Å². The van der Waals surface area contributed by atoms with Crippen molar-refractivity contribution in [1.29, 1.82) is 0 Å². The molecule has 0 aliphatic carbocycles. The molecule has 1 amide bonds. The van der Waals surface area contributed by atoms with Gasteiger partial charge in [0.05, 0.1) is 7.11 Å². The van der Waals surface area contributed by atoms with Crippen LogP contribution in [0.5, 0.6) is 5.75 Å². The van der Waals surface area contributed by atoms with Gasteiger partial charge >= 0.3 is 0 Å². The van der Waals surface area contributed by atoms with Crippen molar-refractivity contribution in [3.05, 3.63) is 49.1 Å². The lowest BCUT2D eigenvalue weighted by Crippen LogP contribution is -2.07. The molecule has 0 radical (unpaired) electrons. The number of nitrogens with one attached hydrogen (secondary N) is 1. The van der Waals surface area contributed by atoms with E-state index in [4.69, 9.17) is 4.74 Å². The Labute approximate surface area is 89.1 Å². The highest BCUT2D eigenvalue weighted by molar-refractivity contribution is 5.99. The van der Waals surface area contributed by atoms with Gasteiger partial charge in [0.15, 0.2) is 0 Å². The minimum Gasteiger partial charge on any atom is -0.497 e. The molecule has 0 bridgehead atoms. The lowest BCUT2D eigenvalue weighted by atomic mass is 10.3. The average molecular weight is 203 g/mol. The minimum atomic E-state index is -0.180. The molecule has 1 aromatic carbocycles. The summed E-state index contributed by atoms with van der Waals surface area (Å²) in [6, 6.07) is 7.12. The SMILES string of the molecule is C=CC=CC(=O)Nc1ccc(OC)cc1. The van der Waals surface area contributed by atoms with Crippen LogP contribution in [0.2, 0.25) is 0 Å². The predicted molar refractivity (Wildman–Crippen MR) is 61.0 cm³/mol. The molecule has 0 aliphatic heterocycles. The summed E-state index contributed by atoms with van der Waals surface area (Å²) in [5.41, 5.74) is 0.731. The van der Waals surface area contributed by atoms with Gasteiger partial charge in [-0.25, -0.2) is 0 Å². The number of allylic oxidation sites excluding steroid dienone is 2. The monoisotopic (exact) mass is 203 g/mol. The summed E-state index contributed by atoms with van der Waals surface area (Å²) in [4.78, 5) is 11.2. The summed E-state index contributed by atoms with van der Waals surface area (Å²) in [7, 11) is 1.60. The topological polar surface area (TPSA) is 38.3 Å². The summed E-state index contributed by atoms with van der Waals surface area (Å²) in [5.74, 6) is 0.578. The third-order valence-electron chi connectivity index (χ3n) is 1.74. The third-order valence-corrected chi connectivity index (χ3v) is 1.74. The molecule has 3 heteroatoms. The lowest BCUT2D eigenvalue weighted by molar-refractivity contribution is -0.111. The van der Waals surface area contributed by atoms with Crippen molar-refractivity contribution >= 4 is 11.6 Å². The van der Waals surface area contributed by atoms with Crippen LogP contribution in [0.1, 0.15) is 0 Å². The van der Waals surface area contributed by atoms with Crippen LogP contribution in [0.4, 0.5) is 5.69 Å². The fraction of sp³-hybridized carbons (Fsp3) is 0.0833. The van der Waals surface area contributed by atoms with Gasteiger partial charge < -0.3 is 10.1 Å². The van der Waals surface area contributed by atoms with Crippen LogP contribution < -0.4 is 10.1 Å². The van der Waals surface area contributed by atoms with Gasteiger partial charge in [0.25, 0.3) is 0 Å². The van der Waals surface area contributed by atoms with E-state index in [2.05, 4.69) is 11.9 Å². The van der Waals surface area contributed by atoms with Gasteiger partial charge in [0.2, 0.25) is 5.91 Å². The minimum absolute atomic E-state index is 0.180. The number of carbonyl (C=O) groups excluding carboxylic acids is 1. The van der Waals surface area contributed by atoms with Crippen LogP contribution in [0.25, 0.3) is 0 Å². The molecule has 0 heterocycles. The summed E-state index contributed by atoms with van der Waals surface area (Å²) in [5, 5.41) is 2.70. The van der Waals surface area contributed by atoms with Crippen molar-refractivity contribution in [2.45, 2.75) is 0 Å². The van der Waals surface area contributed by atoms with Gasteiger partial charge in [-0.3, -0.25) is 4.79 Å². The van der Waals surface area contributed by atoms with Gasteiger partial charge in [-0.2, -0.15) is 0 Å². The highest BCUT2D eigenvalue weighted by Gasteiger charge is 1.97. The molecule has 1 aromatic rings. The zero-order valence-corrected chi connectivity index (χ0v) is 8.57. The van der Waals surface area contributed by atoms with E-state index in [-0.39, 0.29) is 5.91 Å². The molecule has 1 N–H and O–H groups in total. The van der Waals surface area contributed by atoms with Gasteiger partial charge in [-0.05, 0) is 24.3 Å². The number of hydrogen-bond acceptors (Lipinski definition) is 2. The van der Waals surface area contributed by atoms with Crippen LogP contribution in [0.15, 0.2) is 49.1 Å². The summed E-state index contributed by atoms with van der Waals surface area (Å²) >= 11 is 0. The van der Waals surface area contributed by atoms with Gasteiger partial charge in [0, 0.05) is 11.8 Å². The maximum Gasteiger partial charge on any atom is 0.248 e. The van der Waals surface area contributed by atoms with Crippen LogP contribution in [-0.4, -0.2) is 13.0 Å². The van der Waals surface area contributed by atoms with E-state index in [1.165, 1.54) is 6.08 Å². The quantitative estimate of drug-likeness (QED) is 0.602. The molecular formula is C12H13NO2. The molecule has 0 atom stereocenters. The highest BCUT2D eigenvalue weighted by Crippen LogP contribution is 2.14. The Morgan fingerprint density at radius 3 is 2.60 bits per heavy atom. The smallest absolute Gasteiger partial charge is 0.248 e. The fourth-order valence-electron chi connectivity index (χ4n) is 1.01. The third kappa shape index (κ3) is 3.68. The number of rotatable bonds is 4. The van der Waals surface area contributed by atoms with Crippen molar-refractivity contribution in [3.8, 4) is 5.75 Å². The van der Waals surface area contributed by atoms with E-state index < -0.39 is 0 Å². The first-order valence-corrected chi connectivity index (χ1v) is 4.50. The zero-order chi connectivity index (χ0) is 11.1. The van der Waals surface area contributed by atoms with E-state index in [1.54, 1.807) is 43.5 Å². The van der Waals surface area contributed by atoms with Gasteiger partial charge in [-0.15, -0.1) is 0 Å². The highest BCUT2D eigenvalue weighted by atomic mass is 16.5. The first kappa shape index (κ1) is 11.0. The number of hydrogen-bond donors (Lipinski definition) is 1. The number of methoxy groups -OCH3 is 1. The second kappa shape index (κ2) is 5.65. The van der Waals surface area contributed by atoms with Crippen LogP contribution in [0.3, 0.4) is 0 Å². The van der Waals surface area contributed by atoms with E-state index >= 15 is 0 Å². The lowest BCUT2D eigenvalue weighted by Gasteiger charge is -2.03. The summed E-state index contributed by atoms with van der Waals surface area (Å²) in [6.45, 7) is 3.48. The van der Waals surface area contributed by atoms with Crippen LogP contribution in [0, 0.1) is 0 Å². The van der Waals surface area contributed by atoms with Gasteiger partial charge in [0.1, 0.15) is 5.75 Å². The molecule has 0 aromatic heterocycles. The summed E-state index contributed by atoms with van der Waals surface area (Å²) in [6.07, 6.45) is 4.55. The van der Waals surface area contributed by atoms with E-state index in [9.17, 15) is 4.79 Å². The molecule has 3 nitrogen and oxygen atoms in total. The average Bonchev–Trinajstić information content (AvgIpc) is 2.27. The normalized spacial score (nSPS) is 9.93. The number of benzene rings is 1. The van der Waals surface area contributed by atoms with Crippen molar-refractivity contribution in [2.24, 2.45) is 0 Å². The molecule has 0 unspecified atom stereocenters. The summed E-state index contributed by atoms with van der Waals surface area (Å²) < 4.78 is 5.00. The van der Waals surface area contributed by atoms with Crippen molar-refractivity contribution in [3.63, 3.8) is 0 Å². The first-order valence-electron chi connectivity index (χ1n) is 4.50. The second-order valence-corrected chi connectivity index (χ2v) is 2.81. The van der Waals surface area contributed by atoms with Crippen molar-refractivity contribution < 1.29 is 9.53 Å². The standard InChI is InChI=1S/C12H13NO2/c1-3-4-5-12(14)13-10-6-8-11(15-2)9-7-10/h3-9H,1H2,2H3,(H,13,14). The predicted octanol–water partition coefficient (Wildman–Crippen LogP) is 2.38. The molecule has 0 saturated heterocycles. The number of ether oxygens (including phenoxy) is 1. The Morgan fingerprint density at radius 1 is 1.40 bits per heavy atom. The van der Waals surface area contributed by atoms with Crippen molar-refractivity contribution in [1.82, 2.24) is 0 Å². The van der Waals surface area contributed by atoms with Crippen molar-refractivity contribution in [2.75, 3.05) is 12.4 Å². The zero-order valence-electron chi connectivity index (χ0n) is 8.57.